The molecule has 24 heavy (non-hydrogen) atoms. The number of rotatable bonds is 5. The molecule has 0 fully saturated rings. The fraction of sp³-hybridized carbons (Fsp3) is 0.188. The number of anilines is 1. The number of Topliss-reactive ketones (excluding diaryl/α,β-unsaturated/α-hetero) is 1. The fourth-order valence-electron chi connectivity index (χ4n) is 1.80. The van der Waals surface area contributed by atoms with Crippen LogP contribution < -0.4 is 5.32 Å². The van der Waals surface area contributed by atoms with E-state index in [9.17, 15) is 22.8 Å². The van der Waals surface area contributed by atoms with Crippen molar-refractivity contribution < 1.29 is 22.8 Å². The quantitative estimate of drug-likeness (QED) is 0.650. The maximum Gasteiger partial charge on any atom is 0.417 e. The van der Waals surface area contributed by atoms with Gasteiger partial charge < -0.3 is 5.32 Å². The Balaban J connectivity index is 1.94. The van der Waals surface area contributed by atoms with Gasteiger partial charge in [-0.3, -0.25) is 9.59 Å². The zero-order chi connectivity index (χ0) is 17.7. The third-order valence-electron chi connectivity index (χ3n) is 2.94. The van der Waals surface area contributed by atoms with Crippen molar-refractivity contribution in [3.8, 4) is 0 Å². The first kappa shape index (κ1) is 18.0. The number of nitrogens with zero attached hydrogens (tertiary/aromatic N) is 1. The highest BCUT2D eigenvalue weighted by Gasteiger charge is 2.30. The number of thioether (sulfide) groups is 1. The van der Waals surface area contributed by atoms with Gasteiger partial charge in [0, 0.05) is 24.4 Å². The molecule has 1 heterocycles. The van der Waals surface area contributed by atoms with E-state index in [1.54, 1.807) is 24.3 Å². The van der Waals surface area contributed by atoms with Crippen LogP contribution in [0.3, 0.4) is 0 Å². The summed E-state index contributed by atoms with van der Waals surface area (Å²) in [5, 5.41) is 2.93. The second-order valence-corrected chi connectivity index (χ2v) is 5.85. The predicted octanol–water partition coefficient (Wildman–Crippen LogP) is 4.03. The molecule has 1 N–H and O–H groups in total. The number of ketones is 1. The highest BCUT2D eigenvalue weighted by Crippen LogP contribution is 2.29. The Morgan fingerprint density at radius 3 is 2.29 bits per heavy atom. The number of alkyl halides is 3. The van der Waals surface area contributed by atoms with Crippen LogP contribution in [0.15, 0.2) is 47.6 Å². The second-order valence-electron chi connectivity index (χ2n) is 4.85. The lowest BCUT2D eigenvalue weighted by atomic mass is 10.1. The number of aromatic nitrogens is 1. The van der Waals surface area contributed by atoms with Crippen molar-refractivity contribution in [2.75, 3.05) is 11.1 Å². The Morgan fingerprint density at radius 1 is 1.12 bits per heavy atom. The molecule has 0 aliphatic rings. The number of nitrogens with one attached hydrogen (secondary N) is 1. The minimum atomic E-state index is -4.43. The SMILES string of the molecule is CC(=O)Nc1ccc(C(=O)CSc2ccc(C(F)(F)F)cn2)cc1. The molecule has 1 aromatic heterocycles. The molecule has 0 spiro atoms. The molecular weight excluding hydrogens is 341 g/mol. The van der Waals surface area contributed by atoms with Gasteiger partial charge in [0.05, 0.1) is 16.3 Å². The number of carbonyl (C=O) groups is 2. The smallest absolute Gasteiger partial charge is 0.326 e. The van der Waals surface area contributed by atoms with E-state index in [1.165, 1.54) is 13.0 Å². The summed E-state index contributed by atoms with van der Waals surface area (Å²) >= 11 is 1.06. The zero-order valence-electron chi connectivity index (χ0n) is 12.6. The van der Waals surface area contributed by atoms with Gasteiger partial charge in [0.15, 0.2) is 5.78 Å². The molecule has 2 rings (SSSR count). The van der Waals surface area contributed by atoms with Crippen molar-refractivity contribution in [2.45, 2.75) is 18.1 Å². The summed E-state index contributed by atoms with van der Waals surface area (Å²) in [4.78, 5) is 26.7. The van der Waals surface area contributed by atoms with E-state index in [2.05, 4.69) is 10.3 Å². The molecule has 1 aromatic carbocycles. The average molecular weight is 354 g/mol. The summed E-state index contributed by atoms with van der Waals surface area (Å²) in [6.07, 6.45) is -3.68. The normalized spacial score (nSPS) is 11.2. The number of hydrogen-bond donors (Lipinski definition) is 1. The van der Waals surface area contributed by atoms with E-state index in [0.717, 1.165) is 24.0 Å². The van der Waals surface area contributed by atoms with E-state index in [1.807, 2.05) is 0 Å². The Morgan fingerprint density at radius 2 is 1.79 bits per heavy atom. The molecule has 0 radical (unpaired) electrons. The van der Waals surface area contributed by atoms with Crippen LogP contribution in [0.1, 0.15) is 22.8 Å². The summed E-state index contributed by atoms with van der Waals surface area (Å²) in [6, 6.07) is 8.54. The molecule has 4 nitrogen and oxygen atoms in total. The van der Waals surface area contributed by atoms with Gasteiger partial charge in [0.25, 0.3) is 0 Å². The molecule has 0 saturated heterocycles. The Labute approximate surface area is 140 Å². The predicted molar refractivity (Wildman–Crippen MR) is 85.0 cm³/mol. The van der Waals surface area contributed by atoms with Crippen LogP contribution >= 0.6 is 11.8 Å². The standard InChI is InChI=1S/C16H13F3N2O2S/c1-10(22)21-13-5-2-11(3-6-13)14(23)9-24-15-7-4-12(8-20-15)16(17,18)19/h2-8H,9H2,1H3,(H,21,22). The van der Waals surface area contributed by atoms with Gasteiger partial charge in [-0.25, -0.2) is 4.98 Å². The lowest BCUT2D eigenvalue weighted by molar-refractivity contribution is -0.137. The lowest BCUT2D eigenvalue weighted by Crippen LogP contribution is -2.07. The first-order valence-corrected chi connectivity index (χ1v) is 7.81. The van der Waals surface area contributed by atoms with Gasteiger partial charge in [-0.15, -0.1) is 0 Å². The minimum Gasteiger partial charge on any atom is -0.326 e. The van der Waals surface area contributed by atoms with E-state index < -0.39 is 11.7 Å². The van der Waals surface area contributed by atoms with Crippen molar-refractivity contribution in [3.05, 3.63) is 53.7 Å². The van der Waals surface area contributed by atoms with Crippen molar-refractivity contribution in [1.29, 1.82) is 0 Å². The van der Waals surface area contributed by atoms with E-state index in [0.29, 0.717) is 16.3 Å². The Bertz CT molecular complexity index is 728. The summed E-state index contributed by atoms with van der Waals surface area (Å²) in [7, 11) is 0. The number of halogens is 3. The highest BCUT2D eigenvalue weighted by molar-refractivity contribution is 7.99. The van der Waals surface area contributed by atoms with Crippen molar-refractivity contribution in [1.82, 2.24) is 4.98 Å². The molecule has 0 saturated carbocycles. The van der Waals surface area contributed by atoms with Crippen LogP contribution in [-0.4, -0.2) is 22.4 Å². The van der Waals surface area contributed by atoms with Crippen molar-refractivity contribution in [2.24, 2.45) is 0 Å². The molecule has 0 aliphatic carbocycles. The molecule has 8 heteroatoms. The molecule has 1 amide bonds. The number of amides is 1. The van der Waals surface area contributed by atoms with Crippen molar-refractivity contribution in [3.63, 3.8) is 0 Å². The first-order valence-electron chi connectivity index (χ1n) is 6.82. The minimum absolute atomic E-state index is 0.0534. The maximum absolute atomic E-state index is 12.4. The van der Waals surface area contributed by atoms with Gasteiger partial charge in [-0.1, -0.05) is 11.8 Å². The average Bonchev–Trinajstić information content (AvgIpc) is 2.52. The Kier molecular flexibility index (Phi) is 5.61. The summed E-state index contributed by atoms with van der Waals surface area (Å²) < 4.78 is 37.3. The largest absolute Gasteiger partial charge is 0.417 e. The molecule has 0 unspecified atom stereocenters. The van der Waals surface area contributed by atoms with Gasteiger partial charge >= 0.3 is 6.18 Å². The van der Waals surface area contributed by atoms with Crippen molar-refractivity contribution >= 4 is 29.1 Å². The Hall–Kier alpha value is -2.35. The fourth-order valence-corrected chi connectivity index (χ4v) is 2.54. The number of benzene rings is 1. The third kappa shape index (κ3) is 5.09. The van der Waals surface area contributed by atoms with E-state index in [-0.39, 0.29) is 17.4 Å². The number of pyridine rings is 1. The van der Waals surface area contributed by atoms with Gasteiger partial charge in [0.1, 0.15) is 0 Å². The number of carbonyl (C=O) groups excluding carboxylic acids is 2. The van der Waals surface area contributed by atoms with Gasteiger partial charge in [0.2, 0.25) is 5.91 Å². The third-order valence-corrected chi connectivity index (χ3v) is 3.89. The van der Waals surface area contributed by atoms with E-state index in [4.69, 9.17) is 0 Å². The topological polar surface area (TPSA) is 59.1 Å². The summed E-state index contributed by atoms with van der Waals surface area (Å²) in [5.41, 5.74) is 0.200. The van der Waals surface area contributed by atoms with Crippen LogP contribution in [0.25, 0.3) is 0 Å². The summed E-state index contributed by atoms with van der Waals surface area (Å²) in [6.45, 7) is 1.38. The highest BCUT2D eigenvalue weighted by atomic mass is 32.2. The van der Waals surface area contributed by atoms with E-state index >= 15 is 0 Å². The number of hydrogen-bond acceptors (Lipinski definition) is 4. The second kappa shape index (κ2) is 7.48. The maximum atomic E-state index is 12.4. The van der Waals surface area contributed by atoms with Crippen LogP contribution in [-0.2, 0) is 11.0 Å². The van der Waals surface area contributed by atoms with Crippen LogP contribution in [0, 0.1) is 0 Å². The summed E-state index contributed by atoms with van der Waals surface area (Å²) in [5.74, 6) is -0.341. The molecule has 0 aliphatic heterocycles. The monoisotopic (exact) mass is 354 g/mol. The zero-order valence-corrected chi connectivity index (χ0v) is 13.4. The molecule has 2 aromatic rings. The molecule has 0 atom stereocenters. The van der Waals surface area contributed by atoms with Gasteiger partial charge in [-0.05, 0) is 36.4 Å². The first-order chi connectivity index (χ1) is 11.3. The lowest BCUT2D eigenvalue weighted by Gasteiger charge is -2.07. The van der Waals surface area contributed by atoms with Crippen LogP contribution in [0.2, 0.25) is 0 Å². The molecular formula is C16H13F3N2O2S. The van der Waals surface area contributed by atoms with Gasteiger partial charge in [-0.2, -0.15) is 13.2 Å². The molecule has 0 bridgehead atoms. The molecule has 126 valence electrons. The van der Waals surface area contributed by atoms with Crippen LogP contribution in [0.5, 0.6) is 0 Å². The van der Waals surface area contributed by atoms with Crippen LogP contribution in [0.4, 0.5) is 18.9 Å².